The molecule has 1 fully saturated rings. The quantitative estimate of drug-likeness (QED) is 0.798. The molecule has 6 heteroatoms. The highest BCUT2D eigenvalue weighted by Crippen LogP contribution is 2.46. The minimum atomic E-state index is -1.36. The van der Waals surface area contributed by atoms with E-state index in [0.717, 1.165) is 11.6 Å². The van der Waals surface area contributed by atoms with E-state index >= 15 is 0 Å². The summed E-state index contributed by atoms with van der Waals surface area (Å²) in [5.74, 6) is -2.32. The summed E-state index contributed by atoms with van der Waals surface area (Å²) in [5.41, 5.74) is -0.248. The fraction of sp³-hybridized carbons (Fsp3) is 0.222. The summed E-state index contributed by atoms with van der Waals surface area (Å²) in [6.45, 7) is 0.228. The first-order chi connectivity index (χ1) is 11.5. The van der Waals surface area contributed by atoms with E-state index in [0.29, 0.717) is 12.8 Å². The number of carbonyl (C=O) groups excluding carboxylic acids is 1. The van der Waals surface area contributed by atoms with Gasteiger partial charge in [0.1, 0.15) is 12.0 Å². The normalized spacial score (nSPS) is 14.7. The molecule has 0 atom stereocenters. The minimum Gasteiger partial charge on any atom is -0.486 e. The second-order valence-corrected chi connectivity index (χ2v) is 5.76. The van der Waals surface area contributed by atoms with Crippen molar-refractivity contribution >= 4 is 17.6 Å². The summed E-state index contributed by atoms with van der Waals surface area (Å²) in [6, 6.07) is 13.4. The number of aliphatic carboxylic acids is 1. The molecular weight excluding hydrogens is 313 g/mol. The van der Waals surface area contributed by atoms with E-state index in [1.54, 1.807) is 0 Å². The van der Waals surface area contributed by atoms with Crippen molar-refractivity contribution in [1.82, 2.24) is 0 Å². The molecule has 2 aromatic carbocycles. The van der Waals surface area contributed by atoms with Crippen LogP contribution in [0.1, 0.15) is 18.4 Å². The van der Waals surface area contributed by atoms with Gasteiger partial charge in [0.2, 0.25) is 5.91 Å². The number of benzene rings is 2. The first kappa shape index (κ1) is 16.0. The van der Waals surface area contributed by atoms with Crippen molar-refractivity contribution in [2.45, 2.75) is 19.4 Å². The van der Waals surface area contributed by atoms with Crippen LogP contribution in [-0.2, 0) is 16.2 Å². The number of amides is 1. The summed E-state index contributed by atoms with van der Waals surface area (Å²) >= 11 is 0. The average molecular weight is 329 g/mol. The molecule has 0 heterocycles. The Hall–Kier alpha value is -2.89. The first-order valence-electron chi connectivity index (χ1n) is 7.52. The Labute approximate surface area is 138 Å². The molecule has 0 saturated heterocycles. The lowest BCUT2D eigenvalue weighted by Gasteiger charge is -2.12. The van der Waals surface area contributed by atoms with Gasteiger partial charge in [-0.3, -0.25) is 9.59 Å². The van der Waals surface area contributed by atoms with E-state index in [-0.39, 0.29) is 18.0 Å². The van der Waals surface area contributed by atoms with Gasteiger partial charge in [0, 0.05) is 11.8 Å². The van der Waals surface area contributed by atoms with Gasteiger partial charge in [0.15, 0.2) is 11.6 Å². The molecule has 3 rings (SSSR count). The van der Waals surface area contributed by atoms with Gasteiger partial charge in [-0.15, -0.1) is 0 Å². The lowest BCUT2D eigenvalue weighted by molar-refractivity contribution is -0.147. The van der Waals surface area contributed by atoms with Crippen molar-refractivity contribution in [3.05, 3.63) is 59.9 Å². The highest BCUT2D eigenvalue weighted by molar-refractivity contribution is 6.10. The van der Waals surface area contributed by atoms with Crippen LogP contribution < -0.4 is 10.1 Å². The van der Waals surface area contributed by atoms with Crippen LogP contribution in [0, 0.1) is 11.2 Å². The smallest absolute Gasteiger partial charge is 0.319 e. The van der Waals surface area contributed by atoms with Gasteiger partial charge in [-0.25, -0.2) is 4.39 Å². The van der Waals surface area contributed by atoms with Crippen LogP contribution in [0.5, 0.6) is 5.75 Å². The van der Waals surface area contributed by atoms with Gasteiger partial charge in [0.25, 0.3) is 0 Å². The first-order valence-corrected chi connectivity index (χ1v) is 7.52. The Balaban J connectivity index is 1.64. The van der Waals surface area contributed by atoms with Crippen molar-refractivity contribution < 1.29 is 23.8 Å². The second kappa shape index (κ2) is 6.31. The number of nitrogens with one attached hydrogen (secondary N) is 1. The molecule has 0 spiro atoms. The van der Waals surface area contributed by atoms with Gasteiger partial charge >= 0.3 is 5.97 Å². The van der Waals surface area contributed by atoms with E-state index in [1.807, 2.05) is 30.3 Å². The highest BCUT2D eigenvalue weighted by atomic mass is 19.1. The summed E-state index contributed by atoms with van der Waals surface area (Å²) < 4.78 is 19.5. The average Bonchev–Trinajstić information content (AvgIpc) is 3.37. The molecule has 1 saturated carbocycles. The van der Waals surface area contributed by atoms with Crippen molar-refractivity contribution in [3.63, 3.8) is 0 Å². The zero-order chi connectivity index (χ0) is 17.2. The Morgan fingerprint density at radius 1 is 1.17 bits per heavy atom. The molecule has 2 aromatic rings. The second-order valence-electron chi connectivity index (χ2n) is 5.76. The third-order valence-corrected chi connectivity index (χ3v) is 4.02. The molecule has 0 aliphatic heterocycles. The zero-order valence-corrected chi connectivity index (χ0v) is 12.8. The number of carboxylic acids is 1. The summed E-state index contributed by atoms with van der Waals surface area (Å²) in [4.78, 5) is 23.1. The fourth-order valence-corrected chi connectivity index (χ4v) is 2.34. The predicted molar refractivity (Wildman–Crippen MR) is 85.1 cm³/mol. The van der Waals surface area contributed by atoms with Crippen LogP contribution in [0.15, 0.2) is 48.5 Å². The van der Waals surface area contributed by atoms with Crippen LogP contribution in [0.4, 0.5) is 10.1 Å². The Morgan fingerprint density at radius 3 is 2.46 bits per heavy atom. The number of hydrogen-bond donors (Lipinski definition) is 2. The van der Waals surface area contributed by atoms with Gasteiger partial charge in [-0.2, -0.15) is 0 Å². The van der Waals surface area contributed by atoms with Crippen LogP contribution in [0.3, 0.4) is 0 Å². The van der Waals surface area contributed by atoms with Crippen LogP contribution in [0.25, 0.3) is 0 Å². The molecule has 1 amide bonds. The number of anilines is 1. The maximum absolute atomic E-state index is 14.1. The van der Waals surface area contributed by atoms with Crippen molar-refractivity contribution in [3.8, 4) is 5.75 Å². The molecule has 0 bridgehead atoms. The lowest BCUT2D eigenvalue weighted by atomic mass is 10.1. The van der Waals surface area contributed by atoms with Crippen molar-refractivity contribution in [1.29, 1.82) is 0 Å². The summed E-state index contributed by atoms with van der Waals surface area (Å²) in [6.07, 6.45) is 0.601. The lowest BCUT2D eigenvalue weighted by Crippen LogP contribution is -2.31. The third kappa shape index (κ3) is 3.22. The maximum atomic E-state index is 14.1. The van der Waals surface area contributed by atoms with Gasteiger partial charge in [-0.05, 0) is 30.5 Å². The van der Waals surface area contributed by atoms with Crippen LogP contribution in [0.2, 0.25) is 0 Å². The molecule has 0 radical (unpaired) electrons. The van der Waals surface area contributed by atoms with Gasteiger partial charge < -0.3 is 15.2 Å². The van der Waals surface area contributed by atoms with E-state index in [4.69, 9.17) is 9.84 Å². The summed E-state index contributed by atoms with van der Waals surface area (Å²) in [7, 11) is 0. The Bertz CT molecular complexity index is 772. The molecule has 1 aliphatic carbocycles. The summed E-state index contributed by atoms with van der Waals surface area (Å²) in [5, 5.41) is 11.5. The number of carbonyl (C=O) groups is 2. The largest absolute Gasteiger partial charge is 0.486 e. The number of rotatable bonds is 6. The maximum Gasteiger partial charge on any atom is 0.319 e. The molecule has 2 N–H and O–H groups in total. The van der Waals surface area contributed by atoms with Crippen molar-refractivity contribution in [2.24, 2.45) is 5.41 Å². The molecular formula is C18H16FNO4. The molecule has 5 nitrogen and oxygen atoms in total. The molecule has 1 aliphatic rings. The molecule has 0 aromatic heterocycles. The van der Waals surface area contributed by atoms with Crippen molar-refractivity contribution in [2.75, 3.05) is 5.32 Å². The Kier molecular flexibility index (Phi) is 4.20. The van der Waals surface area contributed by atoms with Crippen LogP contribution >= 0.6 is 0 Å². The topological polar surface area (TPSA) is 75.6 Å². The standard InChI is InChI=1S/C18H16FNO4/c19-14-10-13(20-16(21)18(8-9-18)17(22)23)6-7-15(14)24-11-12-4-2-1-3-5-12/h1-7,10H,8-9,11H2,(H,20,21)(H,22,23). The van der Waals surface area contributed by atoms with E-state index in [9.17, 15) is 14.0 Å². The van der Waals surface area contributed by atoms with Crippen LogP contribution in [-0.4, -0.2) is 17.0 Å². The third-order valence-electron chi connectivity index (χ3n) is 4.02. The Morgan fingerprint density at radius 2 is 1.88 bits per heavy atom. The molecule has 124 valence electrons. The number of hydrogen-bond acceptors (Lipinski definition) is 3. The van der Waals surface area contributed by atoms with Gasteiger partial charge in [0.05, 0.1) is 0 Å². The highest BCUT2D eigenvalue weighted by Gasteiger charge is 2.57. The number of carboxylic acid groups (broad SMARTS) is 1. The fourth-order valence-electron chi connectivity index (χ4n) is 2.34. The van der Waals surface area contributed by atoms with E-state index in [2.05, 4.69) is 5.32 Å². The molecule has 24 heavy (non-hydrogen) atoms. The van der Waals surface area contributed by atoms with E-state index in [1.165, 1.54) is 12.1 Å². The minimum absolute atomic E-state index is 0.0659. The predicted octanol–water partition coefficient (Wildman–Crippen LogP) is 3.21. The zero-order valence-electron chi connectivity index (χ0n) is 12.8. The number of ether oxygens (including phenoxy) is 1. The monoisotopic (exact) mass is 329 g/mol. The van der Waals surface area contributed by atoms with Gasteiger partial charge in [-0.1, -0.05) is 30.3 Å². The number of halogens is 1. The SMILES string of the molecule is O=C(O)C1(C(=O)Nc2ccc(OCc3ccccc3)c(F)c2)CC1. The molecule has 0 unspecified atom stereocenters. The van der Waals surface area contributed by atoms with E-state index < -0.39 is 23.1 Å².